The zero-order valence-corrected chi connectivity index (χ0v) is 22.3. The molecule has 0 bridgehead atoms. The third kappa shape index (κ3) is 6.28. The summed E-state index contributed by atoms with van der Waals surface area (Å²) in [4.78, 5) is 14.9. The number of likely N-dealkylation sites (tertiary alicyclic amines) is 1. The standard InChI is InChI=1S/C23H34Cl2N2O5S/c1-13-9-14(7-8-27(13)21(29)19-12-31-23(5,6)32-19)20(26-33(30)22(2,3)4)15-10-16(24)17(25)11-18(15)28/h10-11,13-14,19-20,26,28H,7-9,12H2,1-6H3/t13?,14?,19-,20?,33?/m1/s1. The Morgan fingerprint density at radius 3 is 2.52 bits per heavy atom. The van der Waals surface area contributed by atoms with Crippen LogP contribution in [0.2, 0.25) is 10.0 Å². The van der Waals surface area contributed by atoms with Crippen molar-refractivity contribution in [2.75, 3.05) is 13.2 Å². The van der Waals surface area contributed by atoms with E-state index in [0.717, 1.165) is 0 Å². The molecule has 186 valence electrons. The average Bonchev–Trinajstić information content (AvgIpc) is 3.07. The topological polar surface area (TPSA) is 94.1 Å². The Morgan fingerprint density at radius 2 is 1.97 bits per heavy atom. The zero-order chi connectivity index (χ0) is 24.7. The van der Waals surface area contributed by atoms with Crippen molar-refractivity contribution in [3.05, 3.63) is 27.7 Å². The molecule has 0 spiro atoms. The normalized spacial score (nSPS) is 27.4. The van der Waals surface area contributed by atoms with E-state index in [4.69, 9.17) is 32.7 Å². The average molecular weight is 522 g/mol. The fourth-order valence-corrected chi connectivity index (χ4v) is 5.57. The summed E-state index contributed by atoms with van der Waals surface area (Å²) in [7, 11) is 0. The van der Waals surface area contributed by atoms with Gasteiger partial charge in [-0.3, -0.25) is 4.79 Å². The van der Waals surface area contributed by atoms with Gasteiger partial charge in [-0.2, -0.15) is 0 Å². The van der Waals surface area contributed by atoms with Gasteiger partial charge in [0.2, 0.25) is 0 Å². The number of carbonyl (C=O) groups excluding carboxylic acids is 1. The number of rotatable bonds is 5. The van der Waals surface area contributed by atoms with Crippen LogP contribution < -0.4 is 4.72 Å². The Balaban J connectivity index is 1.81. The van der Waals surface area contributed by atoms with Gasteiger partial charge in [-0.1, -0.05) is 23.2 Å². The number of phenols is 1. The lowest BCUT2D eigenvalue weighted by Gasteiger charge is -2.42. The van der Waals surface area contributed by atoms with Crippen LogP contribution in [0.25, 0.3) is 0 Å². The predicted octanol–water partition coefficient (Wildman–Crippen LogP) is 4.57. The Labute approximate surface area is 209 Å². The first-order valence-corrected chi connectivity index (χ1v) is 13.1. The van der Waals surface area contributed by atoms with Crippen molar-refractivity contribution >= 4 is 40.5 Å². The van der Waals surface area contributed by atoms with Crippen molar-refractivity contribution in [2.45, 2.75) is 83.1 Å². The molecule has 3 rings (SSSR count). The Kier molecular flexibility index (Phi) is 8.21. The van der Waals surface area contributed by atoms with E-state index < -0.39 is 34.0 Å². The Hall–Kier alpha value is -0.740. The van der Waals surface area contributed by atoms with Crippen molar-refractivity contribution < 1.29 is 23.9 Å². The monoisotopic (exact) mass is 520 g/mol. The third-order valence-corrected chi connectivity index (χ3v) is 8.45. The van der Waals surface area contributed by atoms with Crippen LogP contribution in [0.1, 0.15) is 66.0 Å². The lowest BCUT2D eigenvalue weighted by Crippen LogP contribution is -2.52. The van der Waals surface area contributed by atoms with Gasteiger partial charge in [-0.05, 0) is 66.4 Å². The quantitative estimate of drug-likeness (QED) is 0.552. The predicted molar refractivity (Wildman–Crippen MR) is 131 cm³/mol. The van der Waals surface area contributed by atoms with Crippen LogP contribution in [-0.2, 0) is 25.6 Å². The minimum Gasteiger partial charge on any atom is -0.598 e. The number of halogens is 2. The van der Waals surface area contributed by atoms with Gasteiger partial charge in [0.25, 0.3) is 5.91 Å². The maximum absolute atomic E-state index is 13.1. The first-order valence-electron chi connectivity index (χ1n) is 11.2. The molecule has 2 saturated heterocycles. The molecule has 0 radical (unpaired) electrons. The summed E-state index contributed by atoms with van der Waals surface area (Å²) in [6, 6.07) is 2.55. The molecule has 2 aliphatic rings. The van der Waals surface area contributed by atoms with Crippen molar-refractivity contribution in [3.63, 3.8) is 0 Å². The van der Waals surface area contributed by atoms with E-state index in [1.807, 2.05) is 32.6 Å². The van der Waals surface area contributed by atoms with Gasteiger partial charge in [0.1, 0.15) is 10.5 Å². The summed E-state index contributed by atoms with van der Waals surface area (Å²) in [5, 5.41) is 11.2. The molecule has 1 aromatic carbocycles. The SMILES string of the molecule is CC1CC(C(N[S+]([O-])C(C)(C)C)c2cc(Cl)c(Cl)cc2O)CCN1C(=O)[C@H]1COC(C)(C)O1. The highest BCUT2D eigenvalue weighted by atomic mass is 35.5. The van der Waals surface area contributed by atoms with Crippen molar-refractivity contribution in [1.29, 1.82) is 0 Å². The molecule has 33 heavy (non-hydrogen) atoms. The second-order valence-electron chi connectivity index (χ2n) is 10.3. The van der Waals surface area contributed by atoms with E-state index in [9.17, 15) is 14.5 Å². The van der Waals surface area contributed by atoms with E-state index in [2.05, 4.69) is 4.72 Å². The molecule has 2 fully saturated rings. The number of nitrogens with one attached hydrogen (secondary N) is 1. The number of hydrogen-bond donors (Lipinski definition) is 2. The van der Waals surface area contributed by atoms with Gasteiger partial charge in [0.05, 0.1) is 22.7 Å². The Bertz CT molecular complexity index is 879. The van der Waals surface area contributed by atoms with Crippen LogP contribution in [0.15, 0.2) is 12.1 Å². The number of benzene rings is 1. The molecule has 0 saturated carbocycles. The van der Waals surface area contributed by atoms with Gasteiger partial charge >= 0.3 is 0 Å². The Morgan fingerprint density at radius 1 is 1.33 bits per heavy atom. The fraction of sp³-hybridized carbons (Fsp3) is 0.696. The van der Waals surface area contributed by atoms with E-state index in [1.54, 1.807) is 19.9 Å². The summed E-state index contributed by atoms with van der Waals surface area (Å²) in [5.41, 5.74) is 0.549. The van der Waals surface area contributed by atoms with Gasteiger partial charge in [0.15, 0.2) is 11.9 Å². The molecular formula is C23H34Cl2N2O5S. The largest absolute Gasteiger partial charge is 0.598 e. The highest BCUT2D eigenvalue weighted by molar-refractivity contribution is 7.90. The molecule has 2 aliphatic heterocycles. The van der Waals surface area contributed by atoms with Crippen molar-refractivity contribution in [2.24, 2.45) is 5.92 Å². The number of amides is 1. The first-order chi connectivity index (χ1) is 15.2. The maximum atomic E-state index is 13.1. The minimum atomic E-state index is -1.38. The molecule has 10 heteroatoms. The van der Waals surface area contributed by atoms with Crippen LogP contribution in [-0.4, -0.2) is 56.3 Å². The number of carbonyl (C=O) groups is 1. The number of aromatic hydroxyl groups is 1. The van der Waals surface area contributed by atoms with E-state index in [0.29, 0.717) is 30.0 Å². The van der Waals surface area contributed by atoms with Crippen LogP contribution in [0.4, 0.5) is 0 Å². The van der Waals surface area contributed by atoms with Crippen LogP contribution >= 0.6 is 23.2 Å². The summed E-state index contributed by atoms with van der Waals surface area (Å²) in [6.07, 6.45) is 0.702. The zero-order valence-electron chi connectivity index (χ0n) is 20.0. The number of piperidine rings is 1. The molecule has 1 aromatic rings. The molecule has 0 aliphatic carbocycles. The molecule has 5 atom stereocenters. The molecule has 4 unspecified atom stereocenters. The highest BCUT2D eigenvalue weighted by Gasteiger charge is 2.43. The lowest BCUT2D eigenvalue weighted by atomic mass is 9.82. The van der Waals surface area contributed by atoms with E-state index in [1.165, 1.54) is 6.07 Å². The molecule has 2 heterocycles. The second kappa shape index (κ2) is 10.1. The van der Waals surface area contributed by atoms with Gasteiger partial charge in [-0.25, -0.2) is 0 Å². The smallest absolute Gasteiger partial charge is 0.254 e. The molecule has 0 aromatic heterocycles. The van der Waals surface area contributed by atoms with Gasteiger partial charge in [-0.15, -0.1) is 4.72 Å². The van der Waals surface area contributed by atoms with Crippen LogP contribution in [0.5, 0.6) is 5.75 Å². The summed E-state index contributed by atoms with van der Waals surface area (Å²) >= 11 is 11.0. The molecular weight excluding hydrogens is 487 g/mol. The lowest BCUT2D eigenvalue weighted by molar-refractivity contribution is -0.163. The summed E-state index contributed by atoms with van der Waals surface area (Å²) in [6.45, 7) is 12.0. The van der Waals surface area contributed by atoms with Crippen LogP contribution in [0.3, 0.4) is 0 Å². The van der Waals surface area contributed by atoms with E-state index in [-0.39, 0.29) is 35.2 Å². The number of hydrogen-bond acceptors (Lipinski definition) is 6. The fourth-order valence-electron chi connectivity index (χ4n) is 4.34. The number of ether oxygens (including phenoxy) is 2. The summed E-state index contributed by atoms with van der Waals surface area (Å²) < 4.78 is 27.1. The van der Waals surface area contributed by atoms with Gasteiger partial charge in [0, 0.05) is 35.6 Å². The van der Waals surface area contributed by atoms with E-state index >= 15 is 0 Å². The van der Waals surface area contributed by atoms with Crippen LogP contribution in [0, 0.1) is 5.92 Å². The third-order valence-electron chi connectivity index (χ3n) is 6.15. The maximum Gasteiger partial charge on any atom is 0.254 e. The van der Waals surface area contributed by atoms with Crippen molar-refractivity contribution in [3.8, 4) is 5.75 Å². The molecule has 7 nitrogen and oxygen atoms in total. The molecule has 2 N–H and O–H groups in total. The molecule has 1 amide bonds. The number of phenolic OH excluding ortho intramolecular Hbond substituents is 1. The second-order valence-corrected chi connectivity index (χ2v) is 13.1. The minimum absolute atomic E-state index is 0.00213. The number of nitrogens with zero attached hydrogens (tertiary/aromatic N) is 1. The summed E-state index contributed by atoms with van der Waals surface area (Å²) in [5.74, 6) is -0.834. The highest BCUT2D eigenvalue weighted by Crippen LogP contribution is 2.41. The van der Waals surface area contributed by atoms with Crippen molar-refractivity contribution in [1.82, 2.24) is 9.62 Å². The first kappa shape index (κ1) is 26.9. The van der Waals surface area contributed by atoms with Gasteiger partial charge < -0.3 is 24.0 Å².